The van der Waals surface area contributed by atoms with Gasteiger partial charge in [0.25, 0.3) is 0 Å². The van der Waals surface area contributed by atoms with Crippen molar-refractivity contribution >= 4 is 10.0 Å². The Labute approximate surface area is 113 Å². The number of hydrogen-bond donors (Lipinski definition) is 2. The first kappa shape index (κ1) is 14.5. The number of sulfonamides is 1. The third-order valence-corrected chi connectivity index (χ3v) is 4.53. The van der Waals surface area contributed by atoms with Crippen molar-refractivity contribution in [1.29, 1.82) is 0 Å². The van der Waals surface area contributed by atoms with Crippen LogP contribution in [-0.4, -0.2) is 38.5 Å². The lowest BCUT2D eigenvalue weighted by molar-refractivity contribution is 0.127. The summed E-state index contributed by atoms with van der Waals surface area (Å²) in [6.45, 7) is 0.617. The van der Waals surface area contributed by atoms with Gasteiger partial charge in [-0.1, -0.05) is 30.3 Å². The lowest BCUT2D eigenvalue weighted by Gasteiger charge is -2.14. The number of benzene rings is 1. The summed E-state index contributed by atoms with van der Waals surface area (Å²) in [6.07, 6.45) is 0.640. The lowest BCUT2D eigenvalue weighted by Crippen LogP contribution is -2.34. The maximum atomic E-state index is 11.8. The largest absolute Gasteiger partial charge is 0.387 e. The second kappa shape index (κ2) is 6.47. The molecule has 2 rings (SSSR count). The second-order valence-electron chi connectivity index (χ2n) is 4.69. The molecule has 19 heavy (non-hydrogen) atoms. The highest BCUT2D eigenvalue weighted by atomic mass is 32.2. The van der Waals surface area contributed by atoms with Crippen LogP contribution >= 0.6 is 0 Å². The van der Waals surface area contributed by atoms with Gasteiger partial charge >= 0.3 is 0 Å². The molecule has 2 atom stereocenters. The van der Waals surface area contributed by atoms with E-state index in [9.17, 15) is 13.5 Å². The van der Waals surface area contributed by atoms with Crippen molar-refractivity contribution in [3.63, 3.8) is 0 Å². The van der Waals surface area contributed by atoms with Crippen LogP contribution in [0, 0.1) is 0 Å². The fraction of sp³-hybridized carbons (Fsp3) is 0.538. The van der Waals surface area contributed by atoms with Gasteiger partial charge in [-0.3, -0.25) is 0 Å². The Hall–Kier alpha value is -0.950. The maximum absolute atomic E-state index is 11.8. The van der Waals surface area contributed by atoms with Crippen LogP contribution in [0.4, 0.5) is 0 Å². The summed E-state index contributed by atoms with van der Waals surface area (Å²) >= 11 is 0. The van der Waals surface area contributed by atoms with Crippen LogP contribution in [0.2, 0.25) is 0 Å². The van der Waals surface area contributed by atoms with E-state index in [0.29, 0.717) is 12.2 Å². The molecular formula is C13H19NO4S. The van der Waals surface area contributed by atoms with Gasteiger partial charge in [-0.2, -0.15) is 0 Å². The highest BCUT2D eigenvalue weighted by molar-refractivity contribution is 7.89. The third kappa shape index (κ3) is 4.58. The Balaban J connectivity index is 1.83. The van der Waals surface area contributed by atoms with Gasteiger partial charge in [0.2, 0.25) is 10.0 Å². The number of nitrogens with one attached hydrogen (secondary N) is 1. The number of aliphatic hydroxyl groups is 1. The minimum atomic E-state index is -3.40. The predicted molar refractivity (Wildman–Crippen MR) is 72.2 cm³/mol. The fourth-order valence-corrected chi connectivity index (χ4v) is 3.36. The Bertz CT molecular complexity index is 483. The van der Waals surface area contributed by atoms with Crippen LogP contribution in [0.25, 0.3) is 0 Å². The van der Waals surface area contributed by atoms with Crippen LogP contribution in [0.1, 0.15) is 24.5 Å². The first-order chi connectivity index (χ1) is 9.07. The number of aliphatic hydroxyl groups excluding tert-OH is 1. The Kier molecular flexibility index (Phi) is 4.93. The summed E-state index contributed by atoms with van der Waals surface area (Å²) < 4.78 is 31.4. The molecule has 0 bridgehead atoms. The van der Waals surface area contributed by atoms with Crippen molar-refractivity contribution in [2.75, 3.05) is 18.9 Å². The van der Waals surface area contributed by atoms with Crippen molar-refractivity contribution in [1.82, 2.24) is 4.72 Å². The third-order valence-electron chi connectivity index (χ3n) is 3.11. The van der Waals surface area contributed by atoms with E-state index in [0.717, 1.165) is 12.8 Å². The quantitative estimate of drug-likeness (QED) is 0.811. The monoisotopic (exact) mass is 285 g/mol. The van der Waals surface area contributed by atoms with Gasteiger partial charge in [-0.15, -0.1) is 0 Å². The van der Waals surface area contributed by atoms with E-state index in [-0.39, 0.29) is 18.4 Å². The van der Waals surface area contributed by atoms with Crippen molar-refractivity contribution in [2.24, 2.45) is 0 Å². The molecule has 0 amide bonds. The maximum Gasteiger partial charge on any atom is 0.214 e. The number of hydrogen-bond acceptors (Lipinski definition) is 4. The molecule has 6 heteroatoms. The van der Waals surface area contributed by atoms with Gasteiger partial charge in [-0.05, 0) is 18.4 Å². The zero-order valence-electron chi connectivity index (χ0n) is 10.7. The molecule has 0 spiro atoms. The van der Waals surface area contributed by atoms with Gasteiger partial charge in [-0.25, -0.2) is 13.1 Å². The minimum Gasteiger partial charge on any atom is -0.387 e. The van der Waals surface area contributed by atoms with E-state index in [1.54, 1.807) is 24.3 Å². The molecule has 1 aromatic rings. The molecule has 2 N–H and O–H groups in total. The summed E-state index contributed by atoms with van der Waals surface area (Å²) in [7, 11) is -3.40. The van der Waals surface area contributed by atoms with Crippen LogP contribution in [-0.2, 0) is 14.8 Å². The van der Waals surface area contributed by atoms with Gasteiger partial charge < -0.3 is 9.84 Å². The second-order valence-corrected chi connectivity index (χ2v) is 6.54. The summed E-state index contributed by atoms with van der Waals surface area (Å²) in [5.74, 6) is -0.0332. The molecule has 0 radical (unpaired) electrons. The van der Waals surface area contributed by atoms with Crippen molar-refractivity contribution in [3.8, 4) is 0 Å². The normalized spacial score (nSPS) is 21.4. The number of rotatable bonds is 6. The van der Waals surface area contributed by atoms with E-state index in [4.69, 9.17) is 4.74 Å². The van der Waals surface area contributed by atoms with Crippen LogP contribution < -0.4 is 4.72 Å². The average Bonchev–Trinajstić information content (AvgIpc) is 2.89. The van der Waals surface area contributed by atoms with Gasteiger partial charge in [0, 0.05) is 13.2 Å². The smallest absolute Gasteiger partial charge is 0.214 e. The van der Waals surface area contributed by atoms with Gasteiger partial charge in [0.1, 0.15) is 0 Å². The fourth-order valence-electron chi connectivity index (χ4n) is 2.08. The highest BCUT2D eigenvalue weighted by Gasteiger charge is 2.23. The van der Waals surface area contributed by atoms with E-state index < -0.39 is 16.1 Å². The van der Waals surface area contributed by atoms with E-state index in [1.165, 1.54) is 0 Å². The predicted octanol–water partition coefficient (Wildman–Crippen LogP) is 0.818. The molecule has 1 heterocycles. The molecule has 1 aliphatic heterocycles. The summed E-state index contributed by atoms with van der Waals surface area (Å²) in [6, 6.07) is 8.98. The van der Waals surface area contributed by atoms with E-state index in [1.807, 2.05) is 6.07 Å². The van der Waals surface area contributed by atoms with Crippen LogP contribution in [0.3, 0.4) is 0 Å². The van der Waals surface area contributed by atoms with E-state index in [2.05, 4.69) is 4.72 Å². The molecular weight excluding hydrogens is 266 g/mol. The Morgan fingerprint density at radius 2 is 2.11 bits per heavy atom. The molecule has 5 nitrogen and oxygen atoms in total. The Morgan fingerprint density at radius 1 is 1.37 bits per heavy atom. The van der Waals surface area contributed by atoms with Gasteiger partial charge in [0.05, 0.1) is 18.0 Å². The van der Waals surface area contributed by atoms with E-state index >= 15 is 0 Å². The summed E-state index contributed by atoms with van der Waals surface area (Å²) in [5.41, 5.74) is 0.697. The summed E-state index contributed by atoms with van der Waals surface area (Å²) in [5, 5.41) is 9.89. The Morgan fingerprint density at radius 3 is 2.74 bits per heavy atom. The van der Waals surface area contributed by atoms with Gasteiger partial charge in [0.15, 0.2) is 0 Å². The molecule has 106 valence electrons. The molecule has 0 aromatic heterocycles. The molecule has 2 unspecified atom stereocenters. The van der Waals surface area contributed by atoms with Crippen molar-refractivity contribution in [2.45, 2.75) is 25.0 Å². The topological polar surface area (TPSA) is 75.6 Å². The SMILES string of the molecule is O=S(=O)(CC1CCCO1)NCC(O)c1ccccc1. The molecule has 0 aliphatic carbocycles. The first-order valence-corrected chi connectivity index (χ1v) is 8.04. The summed E-state index contributed by atoms with van der Waals surface area (Å²) in [4.78, 5) is 0. The number of ether oxygens (including phenoxy) is 1. The molecule has 1 saturated heterocycles. The van der Waals surface area contributed by atoms with Crippen molar-refractivity contribution < 1.29 is 18.3 Å². The zero-order chi connectivity index (χ0) is 13.7. The van der Waals surface area contributed by atoms with Crippen LogP contribution in [0.5, 0.6) is 0 Å². The molecule has 1 fully saturated rings. The molecule has 0 saturated carbocycles. The average molecular weight is 285 g/mol. The molecule has 1 aliphatic rings. The van der Waals surface area contributed by atoms with Crippen molar-refractivity contribution in [3.05, 3.63) is 35.9 Å². The lowest BCUT2D eigenvalue weighted by atomic mass is 10.1. The zero-order valence-corrected chi connectivity index (χ0v) is 11.5. The first-order valence-electron chi connectivity index (χ1n) is 6.39. The van der Waals surface area contributed by atoms with Crippen LogP contribution in [0.15, 0.2) is 30.3 Å². The minimum absolute atomic E-state index is 0.0148. The molecule has 1 aromatic carbocycles. The standard InChI is InChI=1S/C13H19NO4S/c15-13(11-5-2-1-3-6-11)9-14-19(16,17)10-12-7-4-8-18-12/h1-3,5-6,12-15H,4,7-10H2. The highest BCUT2D eigenvalue weighted by Crippen LogP contribution is 2.14.